The third kappa shape index (κ3) is 23.3. The number of hydrogen-bond acceptors (Lipinski definition) is 6. The van der Waals surface area contributed by atoms with Gasteiger partial charge in [-0.2, -0.15) is 0 Å². The van der Waals surface area contributed by atoms with Gasteiger partial charge in [-0.15, -0.1) is 0 Å². The van der Waals surface area contributed by atoms with E-state index in [1.54, 1.807) is 0 Å². The molecule has 258 valence electrons. The van der Waals surface area contributed by atoms with Crippen LogP contribution in [0.25, 0.3) is 0 Å². The molecule has 0 rings (SSSR count). The van der Waals surface area contributed by atoms with Crippen LogP contribution in [0, 0.1) is 0 Å². The Morgan fingerprint density at radius 2 is 0.911 bits per heavy atom. The van der Waals surface area contributed by atoms with Crippen molar-refractivity contribution in [1.82, 2.24) is 0 Å². The standard InChI is InChI=1S/C38H66NO5P/c1-3-5-7-9-11-13-15-17-19-21-23-25-27-29-31-33-35(40)38(39,37(42)45(43)44)36(41)34-32-30-28-26-24-22-20-18-16-14-12-10-8-6-4-2/h11-14,17-20,37,42H,3-10,15-16,21-34,39H2,1-2H3/b13-11-,14-12-,19-17-,20-18-. The SMILES string of the molecule is CCCCC/C=C\C/C=C\CCCCCCCC(=O)C(N)(C(=O)CCCCCCC/C=C\C/C=C\CCCCC)C(O)[P+](=O)[O-]. The Labute approximate surface area is 277 Å². The largest absolute Gasteiger partial charge is 0.593 e. The van der Waals surface area contributed by atoms with Gasteiger partial charge in [0.25, 0.3) is 5.85 Å². The molecule has 0 aromatic rings. The maximum atomic E-state index is 12.9. The van der Waals surface area contributed by atoms with Crippen molar-refractivity contribution < 1.29 is 24.2 Å². The Kier molecular flexibility index (Phi) is 29.7. The second-order valence-corrected chi connectivity index (χ2v) is 13.4. The normalized spacial score (nSPS) is 13.6. The van der Waals surface area contributed by atoms with Crippen molar-refractivity contribution in [1.29, 1.82) is 0 Å². The number of allylic oxidation sites excluding steroid dienone is 8. The van der Waals surface area contributed by atoms with Crippen molar-refractivity contribution in [2.45, 2.75) is 179 Å². The molecule has 0 aliphatic rings. The second kappa shape index (κ2) is 30.9. The number of rotatable bonds is 32. The summed E-state index contributed by atoms with van der Waals surface area (Å²) in [5.41, 5.74) is 3.72. The minimum atomic E-state index is -3.42. The lowest BCUT2D eigenvalue weighted by molar-refractivity contribution is -0.176. The number of carbonyl (C=O) groups is 2. The zero-order valence-electron chi connectivity index (χ0n) is 28.8. The van der Waals surface area contributed by atoms with Crippen molar-refractivity contribution in [3.05, 3.63) is 48.6 Å². The first kappa shape index (κ1) is 43.3. The Morgan fingerprint density at radius 3 is 1.24 bits per heavy atom. The predicted molar refractivity (Wildman–Crippen MR) is 189 cm³/mol. The first-order valence-corrected chi connectivity index (χ1v) is 19.3. The molecule has 6 nitrogen and oxygen atoms in total. The van der Waals surface area contributed by atoms with E-state index in [1.807, 2.05) is 0 Å². The molecule has 0 radical (unpaired) electrons. The molecule has 0 amide bonds. The maximum Gasteiger partial charge on any atom is 0.344 e. The van der Waals surface area contributed by atoms with Crippen LogP contribution >= 0.6 is 8.03 Å². The summed E-state index contributed by atoms with van der Waals surface area (Å²) >= 11 is 0. The fourth-order valence-electron chi connectivity index (χ4n) is 5.22. The van der Waals surface area contributed by atoms with Crippen LogP contribution in [-0.2, 0) is 14.2 Å². The molecule has 0 aromatic heterocycles. The molecule has 0 fully saturated rings. The average Bonchev–Trinajstić information content (AvgIpc) is 3.03. The van der Waals surface area contributed by atoms with Crippen molar-refractivity contribution in [3.63, 3.8) is 0 Å². The van der Waals surface area contributed by atoms with E-state index in [0.29, 0.717) is 12.8 Å². The van der Waals surface area contributed by atoms with Crippen molar-refractivity contribution in [2.24, 2.45) is 5.73 Å². The number of unbranched alkanes of at least 4 members (excludes halogenated alkanes) is 16. The van der Waals surface area contributed by atoms with Crippen LogP contribution in [0.3, 0.4) is 0 Å². The van der Waals surface area contributed by atoms with Crippen molar-refractivity contribution in [2.75, 3.05) is 0 Å². The van der Waals surface area contributed by atoms with Gasteiger partial charge in [-0.3, -0.25) is 9.59 Å². The van der Waals surface area contributed by atoms with Crippen molar-refractivity contribution in [3.8, 4) is 0 Å². The van der Waals surface area contributed by atoms with Crippen LogP contribution < -0.4 is 10.6 Å². The fraction of sp³-hybridized carbons (Fsp3) is 0.737. The molecule has 2 atom stereocenters. The van der Waals surface area contributed by atoms with E-state index in [-0.39, 0.29) is 12.8 Å². The number of aliphatic hydroxyl groups is 1. The maximum absolute atomic E-state index is 12.9. The lowest BCUT2D eigenvalue weighted by Crippen LogP contribution is -2.62. The molecule has 0 saturated heterocycles. The highest BCUT2D eigenvalue weighted by molar-refractivity contribution is 7.37. The fourth-order valence-corrected chi connectivity index (χ4v) is 5.84. The van der Waals surface area contributed by atoms with Gasteiger partial charge in [0, 0.05) is 12.8 Å². The summed E-state index contributed by atoms with van der Waals surface area (Å²) in [5.74, 6) is -3.54. The van der Waals surface area contributed by atoms with E-state index in [1.165, 1.54) is 38.5 Å². The minimum Gasteiger partial charge on any atom is -0.593 e. The van der Waals surface area contributed by atoms with Gasteiger partial charge in [0.2, 0.25) is 5.54 Å². The van der Waals surface area contributed by atoms with E-state index >= 15 is 0 Å². The zero-order valence-corrected chi connectivity index (χ0v) is 29.7. The Balaban J connectivity index is 4.22. The van der Waals surface area contributed by atoms with Gasteiger partial charge in [-0.05, 0) is 77.0 Å². The first-order chi connectivity index (χ1) is 21.8. The van der Waals surface area contributed by atoms with E-state index < -0.39 is 31.0 Å². The second-order valence-electron chi connectivity index (χ2n) is 12.3. The molecular formula is C38H66NO5P. The van der Waals surface area contributed by atoms with Gasteiger partial charge in [0.1, 0.15) is 0 Å². The first-order valence-electron chi connectivity index (χ1n) is 18.1. The van der Waals surface area contributed by atoms with Crippen LogP contribution in [0.1, 0.15) is 168 Å². The highest BCUT2D eigenvalue weighted by Gasteiger charge is 2.53. The quantitative estimate of drug-likeness (QED) is 0.0324. The summed E-state index contributed by atoms with van der Waals surface area (Å²) in [6.07, 6.45) is 40.5. The molecule has 3 N–H and O–H groups in total. The highest BCUT2D eigenvalue weighted by Crippen LogP contribution is 2.29. The molecule has 0 heterocycles. The molecule has 0 aliphatic heterocycles. The van der Waals surface area contributed by atoms with Gasteiger partial charge in [0.05, 0.1) is 0 Å². The third-order valence-corrected chi connectivity index (χ3v) is 9.05. The van der Waals surface area contributed by atoms with Crippen LogP contribution in [0.5, 0.6) is 0 Å². The smallest absolute Gasteiger partial charge is 0.344 e. The van der Waals surface area contributed by atoms with E-state index in [0.717, 1.165) is 89.9 Å². The molecule has 0 spiro atoms. The number of aliphatic hydroxyl groups excluding tert-OH is 1. The molecule has 0 bridgehead atoms. The van der Waals surface area contributed by atoms with E-state index in [9.17, 15) is 24.2 Å². The number of carbonyl (C=O) groups excluding carboxylic acids is 2. The van der Waals surface area contributed by atoms with Gasteiger partial charge in [-0.1, -0.05) is 131 Å². The van der Waals surface area contributed by atoms with Crippen LogP contribution in [-0.4, -0.2) is 28.1 Å². The summed E-state index contributed by atoms with van der Waals surface area (Å²) in [5, 5.41) is 10.3. The lowest BCUT2D eigenvalue weighted by Gasteiger charge is -2.26. The predicted octanol–water partition coefficient (Wildman–Crippen LogP) is 9.87. The van der Waals surface area contributed by atoms with Crippen LogP contribution in [0.4, 0.5) is 0 Å². The Morgan fingerprint density at radius 1 is 0.600 bits per heavy atom. The highest BCUT2D eigenvalue weighted by atomic mass is 31.1. The minimum absolute atomic E-state index is 0.00483. The Hall–Kier alpha value is -1.72. The molecular weight excluding hydrogens is 581 g/mol. The molecule has 2 unspecified atom stereocenters. The van der Waals surface area contributed by atoms with E-state index in [4.69, 9.17) is 5.73 Å². The van der Waals surface area contributed by atoms with Gasteiger partial charge >= 0.3 is 8.03 Å². The van der Waals surface area contributed by atoms with Crippen LogP contribution in [0.2, 0.25) is 0 Å². The molecule has 0 saturated carbocycles. The molecule has 45 heavy (non-hydrogen) atoms. The Bertz CT molecular complexity index is 821. The van der Waals surface area contributed by atoms with Gasteiger partial charge in [0.15, 0.2) is 11.6 Å². The van der Waals surface area contributed by atoms with Crippen molar-refractivity contribution >= 4 is 19.6 Å². The number of Topliss-reactive ketones (excluding diaryl/α,β-unsaturated/α-hetero) is 2. The topological polar surface area (TPSA) is 121 Å². The monoisotopic (exact) mass is 647 g/mol. The number of ketones is 2. The summed E-state index contributed by atoms with van der Waals surface area (Å²) < 4.78 is 11.6. The van der Waals surface area contributed by atoms with Gasteiger partial charge < -0.3 is 15.7 Å². The zero-order chi connectivity index (χ0) is 33.4. The van der Waals surface area contributed by atoms with E-state index in [2.05, 4.69) is 62.5 Å². The number of nitrogens with two attached hydrogens (primary N) is 1. The summed E-state index contributed by atoms with van der Waals surface area (Å²) in [6, 6.07) is 0. The molecule has 0 aromatic carbocycles. The lowest BCUT2D eigenvalue weighted by atomic mass is 9.85. The number of hydrogen-bond donors (Lipinski definition) is 2. The van der Waals surface area contributed by atoms with Crippen LogP contribution in [0.15, 0.2) is 48.6 Å². The molecule has 7 heteroatoms. The summed E-state index contributed by atoms with van der Waals surface area (Å²) in [6.45, 7) is 4.43. The average molecular weight is 648 g/mol. The molecule has 0 aliphatic carbocycles. The van der Waals surface area contributed by atoms with Gasteiger partial charge in [-0.25, -0.2) is 0 Å². The summed E-state index contributed by atoms with van der Waals surface area (Å²) in [4.78, 5) is 37.5. The summed E-state index contributed by atoms with van der Waals surface area (Å²) in [7, 11) is -3.42. The third-order valence-electron chi connectivity index (χ3n) is 8.24.